The van der Waals surface area contributed by atoms with Crippen LogP contribution in [0.5, 0.6) is 0 Å². The standard InChI is InChI=1S/C26H24F7NO4/c1-13(15-7-16(25(28,29)30)9-17(8-15)26(31,32)33)38-20-12-34-19(10-24(2,23(36)37)11-21(34)35)22(20)14-3-5-18(27)6-4-14/h3-9,13,19-20,22H,10-12H2,1-2H3,(H,36,37)/t13-,19?,20+,22+,24?/m1/s1. The van der Waals surface area contributed by atoms with Crippen molar-refractivity contribution in [2.45, 2.75) is 63.2 Å². The average Bonchev–Trinajstić information content (AvgIpc) is 3.16. The molecule has 2 aliphatic rings. The Morgan fingerprint density at radius 2 is 1.61 bits per heavy atom. The van der Waals surface area contributed by atoms with E-state index < -0.39 is 70.8 Å². The van der Waals surface area contributed by atoms with Crippen molar-refractivity contribution in [2.75, 3.05) is 6.54 Å². The number of carbonyl (C=O) groups excluding carboxylic acids is 1. The first-order valence-corrected chi connectivity index (χ1v) is 11.7. The Morgan fingerprint density at radius 1 is 1.05 bits per heavy atom. The molecule has 2 fully saturated rings. The number of piperidine rings is 1. The molecule has 0 bridgehead atoms. The molecule has 2 heterocycles. The van der Waals surface area contributed by atoms with Crippen molar-refractivity contribution in [3.63, 3.8) is 0 Å². The smallest absolute Gasteiger partial charge is 0.416 e. The van der Waals surface area contributed by atoms with Gasteiger partial charge in [0.1, 0.15) is 5.82 Å². The molecule has 206 valence electrons. The molecule has 2 aromatic carbocycles. The first-order chi connectivity index (χ1) is 17.5. The van der Waals surface area contributed by atoms with Gasteiger partial charge >= 0.3 is 18.3 Å². The quantitative estimate of drug-likeness (QED) is 0.454. The average molecular weight is 547 g/mol. The SMILES string of the molecule is C[C@@H](O[C@H]1CN2C(=O)CC(C)(C(=O)O)CC2[C@@H]1c1ccc(F)cc1)c1cc(C(F)(F)F)cc(C(F)(F)F)c1. The summed E-state index contributed by atoms with van der Waals surface area (Å²) < 4.78 is 99.9. The van der Waals surface area contributed by atoms with Gasteiger partial charge < -0.3 is 14.7 Å². The summed E-state index contributed by atoms with van der Waals surface area (Å²) in [4.78, 5) is 26.3. The number of alkyl halides is 6. The molecule has 0 spiro atoms. The van der Waals surface area contributed by atoms with Crippen LogP contribution in [0.25, 0.3) is 0 Å². The largest absolute Gasteiger partial charge is 0.481 e. The summed E-state index contributed by atoms with van der Waals surface area (Å²) in [6.07, 6.45) is -12.5. The zero-order valence-electron chi connectivity index (χ0n) is 20.2. The van der Waals surface area contributed by atoms with E-state index in [0.717, 1.165) is 0 Å². The predicted molar refractivity (Wildman–Crippen MR) is 119 cm³/mol. The fourth-order valence-corrected chi connectivity index (χ4v) is 5.34. The predicted octanol–water partition coefficient (Wildman–Crippen LogP) is 6.19. The van der Waals surface area contributed by atoms with E-state index in [1.54, 1.807) is 0 Å². The summed E-state index contributed by atoms with van der Waals surface area (Å²) in [7, 11) is 0. The highest BCUT2D eigenvalue weighted by Gasteiger charge is 2.54. The molecule has 5 atom stereocenters. The Kier molecular flexibility index (Phi) is 7.00. The number of carboxylic acid groups (broad SMARTS) is 1. The molecular weight excluding hydrogens is 523 g/mol. The van der Waals surface area contributed by atoms with Crippen LogP contribution in [0.15, 0.2) is 42.5 Å². The molecular formula is C26H24F7NO4. The third kappa shape index (κ3) is 5.36. The van der Waals surface area contributed by atoms with Crippen molar-refractivity contribution in [3.8, 4) is 0 Å². The molecule has 38 heavy (non-hydrogen) atoms. The van der Waals surface area contributed by atoms with E-state index in [1.165, 1.54) is 43.0 Å². The number of carboxylic acids is 1. The maximum Gasteiger partial charge on any atom is 0.416 e. The van der Waals surface area contributed by atoms with Crippen molar-refractivity contribution >= 4 is 11.9 Å². The highest BCUT2D eigenvalue weighted by molar-refractivity contribution is 5.87. The fraction of sp³-hybridized carbons (Fsp3) is 0.462. The van der Waals surface area contributed by atoms with E-state index in [1.807, 2.05) is 0 Å². The van der Waals surface area contributed by atoms with E-state index in [4.69, 9.17) is 4.74 Å². The van der Waals surface area contributed by atoms with Crippen molar-refractivity contribution in [1.29, 1.82) is 0 Å². The summed E-state index contributed by atoms with van der Waals surface area (Å²) in [5.41, 5.74) is -4.22. The van der Waals surface area contributed by atoms with Gasteiger partial charge in [0, 0.05) is 24.9 Å². The molecule has 1 N–H and O–H groups in total. The summed E-state index contributed by atoms with van der Waals surface area (Å²) >= 11 is 0. The van der Waals surface area contributed by atoms with Crippen LogP contribution in [0.3, 0.4) is 0 Å². The Labute approximate surface area is 213 Å². The molecule has 12 heteroatoms. The van der Waals surface area contributed by atoms with Gasteiger partial charge in [0.05, 0.1) is 28.7 Å². The summed E-state index contributed by atoms with van der Waals surface area (Å²) in [6.45, 7) is 2.68. The molecule has 2 saturated heterocycles. The number of ether oxygens (including phenoxy) is 1. The number of amides is 1. The van der Waals surface area contributed by atoms with Gasteiger partial charge in [-0.05, 0) is 61.7 Å². The van der Waals surface area contributed by atoms with Crippen molar-refractivity contribution in [2.24, 2.45) is 5.41 Å². The third-order valence-corrected chi connectivity index (χ3v) is 7.34. The maximum atomic E-state index is 13.6. The number of halogens is 7. The third-order valence-electron chi connectivity index (χ3n) is 7.34. The highest BCUT2D eigenvalue weighted by Crippen LogP contribution is 2.48. The van der Waals surface area contributed by atoms with Gasteiger partial charge in [-0.2, -0.15) is 26.3 Å². The second-order valence-corrected chi connectivity index (χ2v) is 10.1. The van der Waals surface area contributed by atoms with Gasteiger partial charge in [0.2, 0.25) is 5.91 Å². The molecule has 1 amide bonds. The Bertz CT molecular complexity index is 1200. The van der Waals surface area contributed by atoms with Crippen LogP contribution in [0, 0.1) is 11.2 Å². The van der Waals surface area contributed by atoms with Gasteiger partial charge in [-0.25, -0.2) is 4.39 Å². The second kappa shape index (κ2) is 9.55. The van der Waals surface area contributed by atoms with Crippen LogP contribution in [-0.2, 0) is 26.7 Å². The molecule has 2 aromatic rings. The van der Waals surface area contributed by atoms with Crippen LogP contribution in [0.4, 0.5) is 30.7 Å². The van der Waals surface area contributed by atoms with Gasteiger partial charge in [0.15, 0.2) is 0 Å². The van der Waals surface area contributed by atoms with Gasteiger partial charge in [-0.15, -0.1) is 0 Å². The van der Waals surface area contributed by atoms with Crippen LogP contribution in [-0.4, -0.2) is 40.6 Å². The van der Waals surface area contributed by atoms with E-state index in [2.05, 4.69) is 0 Å². The van der Waals surface area contributed by atoms with Gasteiger partial charge in [0.25, 0.3) is 0 Å². The first kappa shape index (κ1) is 27.9. The van der Waals surface area contributed by atoms with E-state index in [0.29, 0.717) is 17.7 Å². The molecule has 0 saturated carbocycles. The summed E-state index contributed by atoms with van der Waals surface area (Å²) in [5.74, 6) is -2.89. The number of fused-ring (bicyclic) bond motifs is 1. The minimum absolute atomic E-state index is 0.0266. The Hall–Kier alpha value is -3.15. The molecule has 0 aromatic heterocycles. The van der Waals surface area contributed by atoms with E-state index >= 15 is 0 Å². The van der Waals surface area contributed by atoms with Crippen LogP contribution in [0.2, 0.25) is 0 Å². The number of aliphatic carboxylic acids is 1. The first-order valence-electron chi connectivity index (χ1n) is 11.7. The van der Waals surface area contributed by atoms with E-state index in [9.17, 15) is 45.4 Å². The summed E-state index contributed by atoms with van der Waals surface area (Å²) in [6, 6.07) is 5.72. The normalized spacial score (nSPS) is 26.8. The lowest BCUT2D eigenvalue weighted by atomic mass is 9.73. The van der Waals surface area contributed by atoms with Crippen molar-refractivity contribution < 1.29 is 50.2 Å². The number of benzene rings is 2. The zero-order valence-corrected chi connectivity index (χ0v) is 20.2. The van der Waals surface area contributed by atoms with Gasteiger partial charge in [-0.1, -0.05) is 12.1 Å². The number of rotatable bonds is 5. The topological polar surface area (TPSA) is 66.8 Å². The van der Waals surface area contributed by atoms with Crippen LogP contribution >= 0.6 is 0 Å². The second-order valence-electron chi connectivity index (χ2n) is 10.1. The lowest BCUT2D eigenvalue weighted by Gasteiger charge is -2.40. The molecule has 2 aliphatic heterocycles. The number of hydrogen-bond acceptors (Lipinski definition) is 3. The van der Waals surface area contributed by atoms with E-state index in [-0.39, 0.29) is 31.0 Å². The van der Waals surface area contributed by atoms with Crippen molar-refractivity contribution in [1.82, 2.24) is 4.90 Å². The zero-order chi connectivity index (χ0) is 28.2. The molecule has 4 rings (SSSR count). The maximum absolute atomic E-state index is 13.6. The molecule has 0 aliphatic carbocycles. The van der Waals surface area contributed by atoms with Crippen LogP contribution < -0.4 is 0 Å². The molecule has 0 radical (unpaired) electrons. The lowest BCUT2D eigenvalue weighted by molar-refractivity contribution is -0.159. The van der Waals surface area contributed by atoms with Gasteiger partial charge in [-0.3, -0.25) is 9.59 Å². The number of hydrogen-bond donors (Lipinski definition) is 1. The Balaban J connectivity index is 1.72. The summed E-state index contributed by atoms with van der Waals surface area (Å²) in [5, 5.41) is 9.74. The minimum Gasteiger partial charge on any atom is -0.481 e. The Morgan fingerprint density at radius 3 is 2.11 bits per heavy atom. The number of carbonyl (C=O) groups is 2. The lowest BCUT2D eigenvalue weighted by Crippen LogP contribution is -2.50. The number of nitrogens with zero attached hydrogens (tertiary/aromatic N) is 1. The van der Waals surface area contributed by atoms with Crippen LogP contribution in [0.1, 0.15) is 61.0 Å². The minimum atomic E-state index is -5.03. The fourth-order valence-electron chi connectivity index (χ4n) is 5.34. The van der Waals surface area contributed by atoms with Crippen molar-refractivity contribution in [3.05, 3.63) is 70.5 Å². The molecule has 5 nitrogen and oxygen atoms in total. The monoisotopic (exact) mass is 547 g/mol. The molecule has 2 unspecified atom stereocenters. The highest BCUT2D eigenvalue weighted by atomic mass is 19.4.